The van der Waals surface area contributed by atoms with Gasteiger partial charge in [-0.25, -0.2) is 0 Å². The maximum Gasteiger partial charge on any atom is 0.305 e. The molecule has 2 N–H and O–H groups in total. The third-order valence-electron chi connectivity index (χ3n) is 2.64. The van der Waals surface area contributed by atoms with Gasteiger partial charge < -0.3 is 15.2 Å². The van der Waals surface area contributed by atoms with E-state index in [1.165, 1.54) is 7.11 Å². The monoisotopic (exact) mass is 237 g/mol. The van der Waals surface area contributed by atoms with Crippen molar-refractivity contribution >= 4 is 18.4 Å². The average Bonchev–Trinajstić information content (AvgIpc) is 2.17. The van der Waals surface area contributed by atoms with Gasteiger partial charge in [-0.2, -0.15) is 0 Å². The van der Waals surface area contributed by atoms with Crippen LogP contribution in [0.15, 0.2) is 0 Å². The maximum atomic E-state index is 10.8. The lowest BCUT2D eigenvalue weighted by Gasteiger charge is -2.26. The van der Waals surface area contributed by atoms with Crippen LogP contribution in [0, 0.1) is 5.92 Å². The molecule has 2 atom stereocenters. The van der Waals surface area contributed by atoms with Crippen LogP contribution in [0.2, 0.25) is 0 Å². The second kappa shape index (κ2) is 7.91. The molecule has 0 amide bonds. The number of carbonyl (C=O) groups excluding carboxylic acids is 1. The third-order valence-corrected chi connectivity index (χ3v) is 2.64. The van der Waals surface area contributed by atoms with Gasteiger partial charge in [0.05, 0.1) is 7.11 Å². The molecule has 1 aliphatic rings. The summed E-state index contributed by atoms with van der Waals surface area (Å²) in [7, 11) is 1.42. The molecule has 1 saturated heterocycles. The topological polar surface area (TPSA) is 61.5 Å². The Kier molecular flexibility index (Phi) is 7.74. The lowest BCUT2D eigenvalue weighted by atomic mass is 9.93. The Morgan fingerprint density at radius 2 is 2.33 bits per heavy atom. The van der Waals surface area contributed by atoms with E-state index in [1.807, 2.05) is 0 Å². The maximum absolute atomic E-state index is 10.8. The lowest BCUT2D eigenvalue weighted by Crippen LogP contribution is -2.32. The van der Waals surface area contributed by atoms with E-state index in [0.29, 0.717) is 12.3 Å². The lowest BCUT2D eigenvalue weighted by molar-refractivity contribution is -0.140. The number of hydrogen-bond donors (Lipinski definition) is 1. The SMILES string of the molecule is COC(=O)CCCC1CCOC(N)C1.Cl. The Morgan fingerprint density at radius 1 is 1.60 bits per heavy atom. The molecule has 90 valence electrons. The molecule has 0 saturated carbocycles. The van der Waals surface area contributed by atoms with Crippen LogP contribution >= 0.6 is 12.4 Å². The molecular formula is C10H20ClNO3. The van der Waals surface area contributed by atoms with Crippen LogP contribution in [0.4, 0.5) is 0 Å². The van der Waals surface area contributed by atoms with E-state index in [4.69, 9.17) is 10.5 Å². The molecule has 1 heterocycles. The van der Waals surface area contributed by atoms with E-state index in [0.717, 1.165) is 32.3 Å². The van der Waals surface area contributed by atoms with Gasteiger partial charge in [0.15, 0.2) is 0 Å². The second-order valence-corrected chi connectivity index (χ2v) is 3.77. The van der Waals surface area contributed by atoms with Crippen molar-refractivity contribution < 1.29 is 14.3 Å². The summed E-state index contributed by atoms with van der Waals surface area (Å²) in [5.41, 5.74) is 5.67. The number of carbonyl (C=O) groups is 1. The normalized spacial score (nSPS) is 25.5. The Balaban J connectivity index is 0.00000196. The number of rotatable bonds is 4. The first-order valence-electron chi connectivity index (χ1n) is 5.16. The molecule has 0 radical (unpaired) electrons. The average molecular weight is 238 g/mol. The summed E-state index contributed by atoms with van der Waals surface area (Å²) in [5.74, 6) is 0.491. The zero-order valence-electron chi connectivity index (χ0n) is 9.11. The van der Waals surface area contributed by atoms with Crippen LogP contribution in [0.1, 0.15) is 32.1 Å². The summed E-state index contributed by atoms with van der Waals surface area (Å²) in [6, 6.07) is 0. The molecule has 0 aromatic carbocycles. The molecule has 15 heavy (non-hydrogen) atoms. The molecule has 0 spiro atoms. The van der Waals surface area contributed by atoms with E-state index >= 15 is 0 Å². The summed E-state index contributed by atoms with van der Waals surface area (Å²) < 4.78 is 9.82. The van der Waals surface area contributed by atoms with E-state index in [-0.39, 0.29) is 24.6 Å². The Labute approximate surface area is 96.9 Å². The second-order valence-electron chi connectivity index (χ2n) is 3.77. The summed E-state index contributed by atoms with van der Waals surface area (Å²) in [6.07, 6.45) is 4.34. The molecule has 1 rings (SSSR count). The van der Waals surface area contributed by atoms with E-state index in [9.17, 15) is 4.79 Å². The number of nitrogens with two attached hydrogens (primary N) is 1. The minimum Gasteiger partial charge on any atom is -0.469 e. The molecule has 1 aliphatic heterocycles. The molecule has 5 heteroatoms. The Bertz CT molecular complexity index is 190. The van der Waals surface area contributed by atoms with E-state index in [1.54, 1.807) is 0 Å². The molecule has 2 unspecified atom stereocenters. The fraction of sp³-hybridized carbons (Fsp3) is 0.900. The van der Waals surface area contributed by atoms with Crippen molar-refractivity contribution in [3.05, 3.63) is 0 Å². The van der Waals surface area contributed by atoms with Crippen molar-refractivity contribution in [2.45, 2.75) is 38.3 Å². The first-order valence-corrected chi connectivity index (χ1v) is 5.16. The van der Waals surface area contributed by atoms with Crippen molar-refractivity contribution in [1.29, 1.82) is 0 Å². The van der Waals surface area contributed by atoms with E-state index in [2.05, 4.69) is 4.74 Å². The van der Waals surface area contributed by atoms with Crippen molar-refractivity contribution in [3.8, 4) is 0 Å². The van der Waals surface area contributed by atoms with Crippen LogP contribution in [0.5, 0.6) is 0 Å². The minimum atomic E-state index is -0.124. The largest absolute Gasteiger partial charge is 0.469 e. The fourth-order valence-corrected chi connectivity index (χ4v) is 1.80. The van der Waals surface area contributed by atoms with Crippen LogP contribution in [0.3, 0.4) is 0 Å². The zero-order chi connectivity index (χ0) is 10.4. The smallest absolute Gasteiger partial charge is 0.305 e. The zero-order valence-corrected chi connectivity index (χ0v) is 9.92. The Hall–Kier alpha value is -0.320. The summed E-state index contributed by atoms with van der Waals surface area (Å²) in [6.45, 7) is 0.754. The highest BCUT2D eigenvalue weighted by Crippen LogP contribution is 2.22. The van der Waals surface area contributed by atoms with Gasteiger partial charge >= 0.3 is 5.97 Å². The molecule has 4 nitrogen and oxygen atoms in total. The van der Waals surface area contributed by atoms with Crippen molar-refractivity contribution in [3.63, 3.8) is 0 Å². The van der Waals surface area contributed by atoms with Gasteiger partial charge in [-0.05, 0) is 31.6 Å². The molecule has 0 aromatic heterocycles. The predicted molar refractivity (Wildman–Crippen MR) is 59.8 cm³/mol. The predicted octanol–water partition coefficient (Wildman–Crippen LogP) is 1.46. The molecule has 1 fully saturated rings. The Morgan fingerprint density at radius 3 is 2.93 bits per heavy atom. The first kappa shape index (κ1) is 14.7. The molecular weight excluding hydrogens is 218 g/mol. The fourth-order valence-electron chi connectivity index (χ4n) is 1.80. The number of methoxy groups -OCH3 is 1. The molecule has 0 bridgehead atoms. The number of hydrogen-bond acceptors (Lipinski definition) is 4. The van der Waals surface area contributed by atoms with Crippen LogP contribution < -0.4 is 5.73 Å². The highest BCUT2D eigenvalue weighted by atomic mass is 35.5. The molecule has 0 aliphatic carbocycles. The van der Waals surface area contributed by atoms with Crippen molar-refractivity contribution in [2.75, 3.05) is 13.7 Å². The highest BCUT2D eigenvalue weighted by Gasteiger charge is 2.19. The first-order chi connectivity index (χ1) is 6.72. The van der Waals surface area contributed by atoms with Gasteiger partial charge in [0.2, 0.25) is 0 Å². The number of halogens is 1. The quantitative estimate of drug-likeness (QED) is 0.752. The van der Waals surface area contributed by atoms with Gasteiger partial charge in [0.25, 0.3) is 0 Å². The summed E-state index contributed by atoms with van der Waals surface area (Å²) >= 11 is 0. The van der Waals surface area contributed by atoms with Crippen molar-refractivity contribution in [2.24, 2.45) is 11.7 Å². The van der Waals surface area contributed by atoms with Gasteiger partial charge in [0, 0.05) is 13.0 Å². The summed E-state index contributed by atoms with van der Waals surface area (Å²) in [4.78, 5) is 10.8. The van der Waals surface area contributed by atoms with E-state index < -0.39 is 0 Å². The van der Waals surface area contributed by atoms with Gasteiger partial charge in [0.1, 0.15) is 6.23 Å². The number of esters is 1. The summed E-state index contributed by atoms with van der Waals surface area (Å²) in [5, 5.41) is 0. The van der Waals surface area contributed by atoms with Crippen molar-refractivity contribution in [1.82, 2.24) is 0 Å². The van der Waals surface area contributed by atoms with Gasteiger partial charge in [-0.15, -0.1) is 12.4 Å². The molecule has 0 aromatic rings. The van der Waals surface area contributed by atoms with Gasteiger partial charge in [-0.3, -0.25) is 4.79 Å². The highest BCUT2D eigenvalue weighted by molar-refractivity contribution is 5.85. The van der Waals surface area contributed by atoms with Crippen LogP contribution in [-0.2, 0) is 14.3 Å². The minimum absolute atomic E-state index is 0. The van der Waals surface area contributed by atoms with Crippen LogP contribution in [-0.4, -0.2) is 25.9 Å². The number of ether oxygens (including phenoxy) is 2. The third kappa shape index (κ3) is 5.97. The van der Waals surface area contributed by atoms with Gasteiger partial charge in [-0.1, -0.05) is 0 Å². The standard InChI is InChI=1S/C10H19NO3.ClH/c1-13-10(12)4-2-3-8-5-6-14-9(11)7-8;/h8-9H,2-7,11H2,1H3;1H. The van der Waals surface area contributed by atoms with Crippen LogP contribution in [0.25, 0.3) is 0 Å².